The van der Waals surface area contributed by atoms with Gasteiger partial charge in [-0.3, -0.25) is 0 Å². The lowest BCUT2D eigenvalue weighted by Crippen LogP contribution is -1.89. The number of rotatable bonds is 1. The summed E-state index contributed by atoms with van der Waals surface area (Å²) in [7, 11) is 1.28. The second-order valence-electron chi connectivity index (χ2n) is 3.44. The number of hydrogen-bond donors (Lipinski definition) is 0. The Kier molecular flexibility index (Phi) is 2.04. The van der Waals surface area contributed by atoms with Crippen LogP contribution in [0.2, 0.25) is 0 Å². The molecule has 0 aliphatic rings. The Labute approximate surface area is 90.1 Å². The van der Waals surface area contributed by atoms with Crippen LogP contribution in [0.3, 0.4) is 0 Å². The lowest BCUT2D eigenvalue weighted by molar-refractivity contribution is 1.14. The van der Waals surface area contributed by atoms with E-state index < -0.39 is 0 Å². The molecule has 0 aliphatic heterocycles. The predicted octanol–water partition coefficient (Wildman–Crippen LogP) is 4.21. The van der Waals surface area contributed by atoms with Crippen molar-refractivity contribution in [3.05, 3.63) is 60.5 Å². The van der Waals surface area contributed by atoms with E-state index in [1.807, 2.05) is 6.07 Å². The van der Waals surface area contributed by atoms with E-state index in [4.69, 9.17) is 0 Å². The molecule has 1 nitrogen and oxygen atoms in total. The lowest BCUT2D eigenvalue weighted by Gasteiger charge is -2.03. The molecule has 72 valence electrons. The maximum absolute atomic E-state index is 2.25. The van der Waals surface area contributed by atoms with Gasteiger partial charge in [0.05, 0.1) is 5.52 Å². The molecule has 0 aliphatic carbocycles. The molecule has 2 aromatic carbocycles. The van der Waals surface area contributed by atoms with Crippen molar-refractivity contribution in [1.29, 1.82) is 0 Å². The molecule has 0 spiro atoms. The summed E-state index contributed by atoms with van der Waals surface area (Å²) in [6.07, 6.45) is 0. The molecule has 1 aromatic heterocycles. The molecule has 3 aromatic rings. The van der Waals surface area contributed by atoms with E-state index in [-0.39, 0.29) is 0 Å². The smallest absolute Gasteiger partial charge is 0.0578 e. The highest BCUT2D eigenvalue weighted by Gasteiger charge is 2.00. The number of fused-ring (bicyclic) bond motifs is 1. The Hall–Kier alpha value is -1.59. The molecule has 0 N–H and O–H groups in total. The molecule has 3 rings (SSSR count). The van der Waals surface area contributed by atoms with Crippen molar-refractivity contribution >= 4 is 18.8 Å². The normalized spacial score (nSPS) is 11.2. The van der Waals surface area contributed by atoms with E-state index in [0.29, 0.717) is 0 Å². The lowest BCUT2D eigenvalue weighted by atomic mass is 10.3. The fraction of sp³-hybridized carbons (Fsp3) is 0. The van der Waals surface area contributed by atoms with Gasteiger partial charge in [0.1, 0.15) is 0 Å². The van der Waals surface area contributed by atoms with Gasteiger partial charge in [-0.25, -0.2) is 0 Å². The minimum Gasteiger partial charge on any atom is -0.312 e. The van der Waals surface area contributed by atoms with Gasteiger partial charge in [-0.05, 0) is 32.5 Å². The average molecular weight is 211 g/mol. The largest absolute Gasteiger partial charge is 0.312 e. The van der Waals surface area contributed by atoms with Crippen LogP contribution in [0, 0.1) is 0 Å². The van der Waals surface area contributed by atoms with Crippen LogP contribution < -0.4 is 0 Å². The van der Waals surface area contributed by atoms with E-state index in [9.17, 15) is 0 Å². The zero-order valence-corrected chi connectivity index (χ0v) is 9.06. The second-order valence-corrected chi connectivity index (χ2v) is 4.41. The van der Waals surface area contributed by atoms with Crippen LogP contribution in [0.1, 0.15) is 0 Å². The zero-order valence-electron chi connectivity index (χ0n) is 8.17. The zero-order chi connectivity index (χ0) is 10.1. The third kappa shape index (κ3) is 1.45. The van der Waals surface area contributed by atoms with Crippen molar-refractivity contribution in [1.82, 2.24) is 4.57 Å². The van der Waals surface area contributed by atoms with Crippen LogP contribution in [0.5, 0.6) is 0 Å². The van der Waals surface area contributed by atoms with Crippen LogP contribution in [0.25, 0.3) is 16.3 Å². The molecule has 0 unspecified atom stereocenters. The number of nitrogens with zero attached hydrogens (tertiary/aromatic N) is 1. The Bertz CT molecular complexity index is 584. The molecule has 15 heavy (non-hydrogen) atoms. The first-order valence-electron chi connectivity index (χ1n) is 4.93. The molecule has 0 bridgehead atoms. The van der Waals surface area contributed by atoms with Crippen molar-refractivity contribution < 1.29 is 0 Å². The summed E-state index contributed by atoms with van der Waals surface area (Å²) in [6, 6.07) is 19.0. The standard InChI is InChI=1S/C13H10NP/c1-2-6-11(7-3-1)14-10-15-13-9-5-4-8-12(13)14/h1-10H. The number of hydrogen-bond acceptors (Lipinski definition) is 0. The molecule has 0 saturated carbocycles. The SMILES string of the molecule is c1ccc(-n2cpc3ccccc32)cc1. The quantitative estimate of drug-likeness (QED) is 0.568. The highest BCUT2D eigenvalue weighted by molar-refractivity contribution is 7.36. The first-order chi connectivity index (χ1) is 7.45. The molecule has 0 atom stereocenters. The van der Waals surface area contributed by atoms with E-state index in [2.05, 4.69) is 59.0 Å². The van der Waals surface area contributed by atoms with Crippen molar-refractivity contribution in [3.63, 3.8) is 0 Å². The van der Waals surface area contributed by atoms with Gasteiger partial charge in [-0.1, -0.05) is 30.3 Å². The maximum Gasteiger partial charge on any atom is 0.0578 e. The molecule has 0 fully saturated rings. The van der Waals surface area contributed by atoms with Gasteiger partial charge in [0.25, 0.3) is 0 Å². The third-order valence-corrected chi connectivity index (χ3v) is 3.49. The number of para-hydroxylation sites is 2. The molecular formula is C13H10NP. The molecular weight excluding hydrogens is 201 g/mol. The summed E-state index contributed by atoms with van der Waals surface area (Å²) in [5, 5.41) is 1.38. The van der Waals surface area contributed by atoms with Crippen LogP contribution in [-0.2, 0) is 0 Å². The molecule has 0 radical (unpaired) electrons. The van der Waals surface area contributed by atoms with E-state index >= 15 is 0 Å². The molecule has 1 heterocycles. The summed E-state index contributed by atoms with van der Waals surface area (Å²) >= 11 is 0. The second kappa shape index (κ2) is 3.52. The van der Waals surface area contributed by atoms with Gasteiger partial charge < -0.3 is 4.57 Å². The highest BCUT2D eigenvalue weighted by atomic mass is 31.0. The summed E-state index contributed by atoms with van der Waals surface area (Å²) in [5.74, 6) is 2.21. The molecule has 0 amide bonds. The summed E-state index contributed by atoms with van der Waals surface area (Å²) in [4.78, 5) is 0. The van der Waals surface area contributed by atoms with Crippen molar-refractivity contribution in [2.75, 3.05) is 0 Å². The first kappa shape index (κ1) is 8.70. The predicted molar refractivity (Wildman–Crippen MR) is 65.8 cm³/mol. The number of benzene rings is 2. The number of aromatic nitrogens is 1. The van der Waals surface area contributed by atoms with Gasteiger partial charge in [0, 0.05) is 16.7 Å². The molecule has 0 saturated heterocycles. The topological polar surface area (TPSA) is 4.93 Å². The van der Waals surface area contributed by atoms with Crippen LogP contribution in [-0.4, -0.2) is 4.57 Å². The maximum atomic E-state index is 2.25. The van der Waals surface area contributed by atoms with Gasteiger partial charge >= 0.3 is 0 Å². The van der Waals surface area contributed by atoms with Crippen LogP contribution in [0.15, 0.2) is 60.5 Å². The van der Waals surface area contributed by atoms with Gasteiger partial charge in [-0.15, -0.1) is 0 Å². The summed E-state index contributed by atoms with van der Waals surface area (Å²) < 4.78 is 2.25. The third-order valence-electron chi connectivity index (χ3n) is 2.49. The molecule has 2 heteroatoms. The Balaban J connectivity index is 2.28. The van der Waals surface area contributed by atoms with Gasteiger partial charge in [0.2, 0.25) is 0 Å². The van der Waals surface area contributed by atoms with Crippen molar-refractivity contribution in [3.8, 4) is 5.69 Å². The summed E-state index contributed by atoms with van der Waals surface area (Å²) in [6.45, 7) is 0. The minimum atomic E-state index is 1.23. The van der Waals surface area contributed by atoms with E-state index in [0.717, 1.165) is 0 Å². The van der Waals surface area contributed by atoms with E-state index in [1.54, 1.807) is 0 Å². The average Bonchev–Trinajstić information content (AvgIpc) is 2.74. The van der Waals surface area contributed by atoms with Crippen molar-refractivity contribution in [2.24, 2.45) is 0 Å². The first-order valence-corrected chi connectivity index (χ1v) is 5.89. The monoisotopic (exact) mass is 211 g/mol. The highest BCUT2D eigenvalue weighted by Crippen LogP contribution is 2.27. The van der Waals surface area contributed by atoms with Crippen LogP contribution in [0.4, 0.5) is 0 Å². The Morgan fingerprint density at radius 3 is 2.40 bits per heavy atom. The minimum absolute atomic E-state index is 1.23. The Morgan fingerprint density at radius 2 is 1.53 bits per heavy atom. The van der Waals surface area contributed by atoms with E-state index in [1.165, 1.54) is 24.5 Å². The van der Waals surface area contributed by atoms with Gasteiger partial charge in [-0.2, -0.15) is 0 Å². The fourth-order valence-electron chi connectivity index (χ4n) is 1.75. The fourth-order valence-corrected chi connectivity index (χ4v) is 2.74. The summed E-state index contributed by atoms with van der Waals surface area (Å²) in [5.41, 5.74) is 2.53. The van der Waals surface area contributed by atoms with Crippen molar-refractivity contribution in [2.45, 2.75) is 0 Å². The van der Waals surface area contributed by atoms with Gasteiger partial charge in [0.15, 0.2) is 0 Å². The Morgan fingerprint density at radius 1 is 0.800 bits per heavy atom. The van der Waals surface area contributed by atoms with Crippen LogP contribution >= 0.6 is 8.19 Å².